The van der Waals surface area contributed by atoms with Gasteiger partial charge in [-0.05, 0) is 6.42 Å². The Hall–Kier alpha value is -2.20. The number of hydrogen-bond acceptors (Lipinski definition) is 3. The predicted octanol–water partition coefficient (Wildman–Crippen LogP) is -0.297. The van der Waals surface area contributed by atoms with E-state index in [0.29, 0.717) is 0 Å². The van der Waals surface area contributed by atoms with Crippen LogP contribution in [0, 0.1) is 5.41 Å². The van der Waals surface area contributed by atoms with Gasteiger partial charge in [0.1, 0.15) is 0 Å². The Morgan fingerprint density at radius 2 is 1.81 bits per heavy atom. The van der Waals surface area contributed by atoms with Crippen LogP contribution in [-0.2, 0) is 4.79 Å². The highest BCUT2D eigenvalue weighted by Crippen LogP contribution is 2.45. The molecule has 1 unspecified atom stereocenters. The molecule has 120 valence electrons. The molecule has 1 saturated heterocycles. The largest absolute Gasteiger partial charge is 0.481 e. The molecule has 11 heteroatoms. The van der Waals surface area contributed by atoms with Gasteiger partial charge in [-0.25, -0.2) is 9.59 Å². The Bertz CT molecular complexity index is 443. The van der Waals surface area contributed by atoms with Crippen LogP contribution in [0.3, 0.4) is 0 Å². The normalized spacial score (nSPS) is 22.0. The lowest BCUT2D eigenvalue weighted by Crippen LogP contribution is -2.49. The number of carbonyl (C=O) groups is 3. The summed E-state index contributed by atoms with van der Waals surface area (Å²) in [7, 11) is 0. The number of urea groups is 2. The number of nitrogens with two attached hydrogens (primary N) is 1. The molecule has 1 rings (SSSR count). The number of likely N-dealkylation sites (tertiary alicyclic amines) is 1. The Kier molecular flexibility index (Phi) is 4.86. The summed E-state index contributed by atoms with van der Waals surface area (Å²) in [5.41, 5.74) is 1.85. The fourth-order valence-electron chi connectivity index (χ4n) is 1.98. The van der Waals surface area contributed by atoms with Gasteiger partial charge < -0.3 is 26.4 Å². The lowest BCUT2D eigenvalue weighted by Gasteiger charge is -2.27. The summed E-state index contributed by atoms with van der Waals surface area (Å²) in [6.45, 7) is -1.29. The summed E-state index contributed by atoms with van der Waals surface area (Å²) < 4.78 is 38.7. The number of halogens is 3. The first-order chi connectivity index (χ1) is 9.60. The van der Waals surface area contributed by atoms with E-state index in [9.17, 15) is 27.6 Å². The molecule has 0 saturated carbocycles. The standard InChI is InChI=1S/C10H15F3N4O4/c11-10(12,13)9(6(18)19)1-4-17(5-9)8(21)16-3-2-15-7(14)20/h1-5H2,(H,16,21)(H,18,19)(H3,14,15,20). The third-order valence-electron chi connectivity index (χ3n) is 3.21. The fourth-order valence-corrected chi connectivity index (χ4v) is 1.98. The molecular formula is C10H15F3N4O4. The van der Waals surface area contributed by atoms with Crippen LogP contribution in [0.1, 0.15) is 6.42 Å². The van der Waals surface area contributed by atoms with E-state index in [2.05, 4.69) is 10.6 Å². The van der Waals surface area contributed by atoms with Crippen LogP contribution in [0.25, 0.3) is 0 Å². The second-order valence-electron chi connectivity index (χ2n) is 4.58. The molecule has 1 aliphatic heterocycles. The average molecular weight is 312 g/mol. The predicted molar refractivity (Wildman–Crippen MR) is 63.3 cm³/mol. The van der Waals surface area contributed by atoms with Crippen LogP contribution in [0.4, 0.5) is 22.8 Å². The summed E-state index contributed by atoms with van der Waals surface area (Å²) in [6, 6.07) is -1.62. The van der Waals surface area contributed by atoms with Gasteiger partial charge in [0.25, 0.3) is 0 Å². The molecule has 0 bridgehead atoms. The Balaban J connectivity index is 2.58. The molecule has 0 spiro atoms. The molecule has 1 heterocycles. The minimum atomic E-state index is -4.94. The van der Waals surface area contributed by atoms with E-state index in [0.717, 1.165) is 4.90 Å². The maximum absolute atomic E-state index is 12.9. The zero-order valence-corrected chi connectivity index (χ0v) is 10.9. The number of carboxylic acids is 1. The van der Waals surface area contributed by atoms with Gasteiger partial charge in [-0.3, -0.25) is 4.79 Å². The summed E-state index contributed by atoms with van der Waals surface area (Å²) in [5, 5.41) is 13.3. The van der Waals surface area contributed by atoms with Crippen molar-refractivity contribution in [2.75, 3.05) is 26.2 Å². The molecule has 1 fully saturated rings. The van der Waals surface area contributed by atoms with Crippen LogP contribution in [0.5, 0.6) is 0 Å². The van der Waals surface area contributed by atoms with Gasteiger partial charge in [0.2, 0.25) is 0 Å². The van der Waals surface area contributed by atoms with Crippen molar-refractivity contribution in [3.63, 3.8) is 0 Å². The number of amides is 4. The van der Waals surface area contributed by atoms with Crippen molar-refractivity contribution in [3.8, 4) is 0 Å². The summed E-state index contributed by atoms with van der Waals surface area (Å²) in [5.74, 6) is -2.00. The van der Waals surface area contributed by atoms with E-state index in [1.54, 1.807) is 0 Å². The van der Waals surface area contributed by atoms with E-state index in [-0.39, 0.29) is 19.6 Å². The van der Waals surface area contributed by atoms with Crippen molar-refractivity contribution in [3.05, 3.63) is 0 Å². The highest BCUT2D eigenvalue weighted by Gasteiger charge is 2.64. The van der Waals surface area contributed by atoms with Gasteiger partial charge in [0.15, 0.2) is 5.41 Å². The zero-order chi connectivity index (χ0) is 16.3. The molecule has 0 aliphatic carbocycles. The second kappa shape index (κ2) is 6.06. The molecule has 0 aromatic carbocycles. The number of nitrogens with zero attached hydrogens (tertiary/aromatic N) is 1. The number of alkyl halides is 3. The minimum absolute atomic E-state index is 0.0122. The number of aliphatic carboxylic acids is 1. The Morgan fingerprint density at radius 1 is 1.24 bits per heavy atom. The third kappa shape index (κ3) is 3.67. The van der Waals surface area contributed by atoms with Gasteiger partial charge in [0.05, 0.1) is 0 Å². The van der Waals surface area contributed by atoms with Crippen molar-refractivity contribution in [1.29, 1.82) is 0 Å². The molecule has 0 radical (unpaired) electrons. The van der Waals surface area contributed by atoms with E-state index in [1.807, 2.05) is 0 Å². The number of nitrogens with one attached hydrogen (secondary N) is 2. The van der Waals surface area contributed by atoms with Crippen LogP contribution in [-0.4, -0.2) is 60.4 Å². The molecule has 21 heavy (non-hydrogen) atoms. The molecule has 1 aliphatic rings. The summed E-state index contributed by atoms with van der Waals surface area (Å²) >= 11 is 0. The number of rotatable bonds is 4. The molecule has 1 atom stereocenters. The van der Waals surface area contributed by atoms with Crippen molar-refractivity contribution in [2.45, 2.75) is 12.6 Å². The summed E-state index contributed by atoms with van der Waals surface area (Å²) in [6.07, 6.45) is -5.64. The zero-order valence-electron chi connectivity index (χ0n) is 10.9. The van der Waals surface area contributed by atoms with E-state index in [1.165, 1.54) is 0 Å². The van der Waals surface area contributed by atoms with Gasteiger partial charge in [-0.15, -0.1) is 0 Å². The highest BCUT2D eigenvalue weighted by molar-refractivity contribution is 5.80. The smallest absolute Gasteiger partial charge is 0.406 e. The van der Waals surface area contributed by atoms with Crippen molar-refractivity contribution >= 4 is 18.0 Å². The average Bonchev–Trinajstić information content (AvgIpc) is 2.80. The van der Waals surface area contributed by atoms with Crippen LogP contribution < -0.4 is 16.4 Å². The number of hydrogen-bond donors (Lipinski definition) is 4. The molecule has 5 N–H and O–H groups in total. The van der Waals surface area contributed by atoms with Crippen molar-refractivity contribution in [2.24, 2.45) is 11.1 Å². The Labute approximate surface area is 117 Å². The number of carbonyl (C=O) groups excluding carboxylic acids is 2. The number of carboxylic acid groups (broad SMARTS) is 1. The van der Waals surface area contributed by atoms with Gasteiger partial charge >= 0.3 is 24.2 Å². The van der Waals surface area contributed by atoms with E-state index < -0.39 is 42.6 Å². The van der Waals surface area contributed by atoms with Gasteiger partial charge in [0, 0.05) is 26.2 Å². The van der Waals surface area contributed by atoms with Crippen LogP contribution in [0.2, 0.25) is 0 Å². The molecule has 0 aromatic rings. The maximum Gasteiger partial charge on any atom is 0.406 e. The fraction of sp³-hybridized carbons (Fsp3) is 0.700. The molecule has 4 amide bonds. The monoisotopic (exact) mass is 312 g/mol. The second-order valence-corrected chi connectivity index (χ2v) is 4.58. The van der Waals surface area contributed by atoms with Crippen LogP contribution in [0.15, 0.2) is 0 Å². The first-order valence-electron chi connectivity index (χ1n) is 5.96. The first-order valence-corrected chi connectivity index (χ1v) is 5.96. The molecular weight excluding hydrogens is 297 g/mol. The number of primary amides is 1. The van der Waals surface area contributed by atoms with Crippen molar-refractivity contribution < 1.29 is 32.7 Å². The Morgan fingerprint density at radius 3 is 2.24 bits per heavy atom. The van der Waals surface area contributed by atoms with Crippen LogP contribution >= 0.6 is 0 Å². The van der Waals surface area contributed by atoms with E-state index in [4.69, 9.17) is 10.8 Å². The van der Waals surface area contributed by atoms with Gasteiger partial charge in [-0.1, -0.05) is 0 Å². The summed E-state index contributed by atoms with van der Waals surface area (Å²) in [4.78, 5) is 33.7. The first kappa shape index (κ1) is 16.9. The third-order valence-corrected chi connectivity index (χ3v) is 3.21. The lowest BCUT2D eigenvalue weighted by molar-refractivity contribution is -0.226. The van der Waals surface area contributed by atoms with Crippen molar-refractivity contribution in [1.82, 2.24) is 15.5 Å². The van der Waals surface area contributed by atoms with E-state index >= 15 is 0 Å². The highest BCUT2D eigenvalue weighted by atomic mass is 19.4. The molecule has 8 nitrogen and oxygen atoms in total. The lowest BCUT2D eigenvalue weighted by atomic mass is 9.86. The SMILES string of the molecule is NC(=O)NCCNC(=O)N1CCC(C(=O)O)(C(F)(F)F)C1. The minimum Gasteiger partial charge on any atom is -0.481 e. The topological polar surface area (TPSA) is 125 Å². The molecule has 0 aromatic heterocycles. The quantitative estimate of drug-likeness (QED) is 0.532. The maximum atomic E-state index is 12.9. The van der Waals surface area contributed by atoms with Gasteiger partial charge in [-0.2, -0.15) is 13.2 Å².